The monoisotopic (exact) mass is 357 g/mol. The number of anilines is 1. The van der Waals surface area contributed by atoms with Gasteiger partial charge in [-0.3, -0.25) is 4.79 Å². The fourth-order valence-electron chi connectivity index (χ4n) is 2.31. The van der Waals surface area contributed by atoms with E-state index in [4.69, 9.17) is 14.2 Å². The first-order valence-electron chi connectivity index (χ1n) is 8.46. The highest BCUT2D eigenvalue weighted by Gasteiger charge is 2.12. The van der Waals surface area contributed by atoms with E-state index in [0.29, 0.717) is 36.0 Å². The second-order valence-electron chi connectivity index (χ2n) is 5.52. The highest BCUT2D eigenvalue weighted by atomic mass is 16.5. The summed E-state index contributed by atoms with van der Waals surface area (Å²) in [6, 6.07) is 12.1. The lowest BCUT2D eigenvalue weighted by Gasteiger charge is -2.13. The fraction of sp³-hybridized carbons (Fsp3) is 0.300. The summed E-state index contributed by atoms with van der Waals surface area (Å²) in [7, 11) is 0. The highest BCUT2D eigenvalue weighted by molar-refractivity contribution is 5.95. The van der Waals surface area contributed by atoms with E-state index in [9.17, 15) is 9.59 Å². The van der Waals surface area contributed by atoms with Crippen molar-refractivity contribution in [3.8, 4) is 11.5 Å². The lowest BCUT2D eigenvalue weighted by Crippen LogP contribution is -2.21. The van der Waals surface area contributed by atoms with Gasteiger partial charge in [-0.1, -0.05) is 17.7 Å². The quantitative estimate of drug-likeness (QED) is 0.731. The van der Waals surface area contributed by atoms with Gasteiger partial charge in [0.05, 0.1) is 18.8 Å². The molecule has 1 amide bonds. The van der Waals surface area contributed by atoms with Gasteiger partial charge in [-0.25, -0.2) is 4.79 Å². The molecule has 0 atom stereocenters. The van der Waals surface area contributed by atoms with Gasteiger partial charge in [0, 0.05) is 11.8 Å². The van der Waals surface area contributed by atoms with Gasteiger partial charge < -0.3 is 19.5 Å². The lowest BCUT2D eigenvalue weighted by atomic mass is 10.1. The Morgan fingerprint density at radius 1 is 0.962 bits per heavy atom. The van der Waals surface area contributed by atoms with Crippen molar-refractivity contribution in [3.63, 3.8) is 0 Å². The van der Waals surface area contributed by atoms with Crippen LogP contribution in [0.1, 0.15) is 29.8 Å². The van der Waals surface area contributed by atoms with E-state index in [1.807, 2.05) is 26.8 Å². The van der Waals surface area contributed by atoms with Gasteiger partial charge in [0.1, 0.15) is 0 Å². The SMILES string of the molecule is CCOc1ccc(NC(=O)COC(=O)c2cccc(C)c2)cc1OCC. The molecule has 2 aromatic rings. The summed E-state index contributed by atoms with van der Waals surface area (Å²) in [6.45, 7) is 6.25. The maximum atomic E-state index is 12.0. The largest absolute Gasteiger partial charge is 0.490 e. The number of rotatable bonds is 8. The number of nitrogens with one attached hydrogen (secondary N) is 1. The number of hydrogen-bond acceptors (Lipinski definition) is 5. The van der Waals surface area contributed by atoms with E-state index in [1.54, 1.807) is 36.4 Å². The molecule has 0 heterocycles. The van der Waals surface area contributed by atoms with Crippen molar-refractivity contribution >= 4 is 17.6 Å². The van der Waals surface area contributed by atoms with Crippen LogP contribution in [0.5, 0.6) is 11.5 Å². The third-order valence-electron chi connectivity index (χ3n) is 3.42. The van der Waals surface area contributed by atoms with Crippen LogP contribution in [0.4, 0.5) is 5.69 Å². The second-order valence-corrected chi connectivity index (χ2v) is 5.52. The first-order valence-corrected chi connectivity index (χ1v) is 8.46. The van der Waals surface area contributed by atoms with Gasteiger partial charge in [0.2, 0.25) is 0 Å². The zero-order valence-corrected chi connectivity index (χ0v) is 15.2. The zero-order chi connectivity index (χ0) is 18.9. The molecule has 138 valence electrons. The molecule has 0 radical (unpaired) electrons. The molecule has 0 aliphatic carbocycles. The average molecular weight is 357 g/mol. The van der Waals surface area contributed by atoms with Crippen LogP contribution in [-0.4, -0.2) is 31.7 Å². The summed E-state index contributed by atoms with van der Waals surface area (Å²) in [5, 5.41) is 2.68. The standard InChI is InChI=1S/C20H23NO5/c1-4-24-17-10-9-16(12-18(17)25-5-2)21-19(22)13-26-20(23)15-8-6-7-14(3)11-15/h6-12H,4-5,13H2,1-3H3,(H,21,22). The molecule has 0 saturated heterocycles. The zero-order valence-electron chi connectivity index (χ0n) is 15.2. The molecule has 26 heavy (non-hydrogen) atoms. The summed E-state index contributed by atoms with van der Waals surface area (Å²) < 4.78 is 16.0. The van der Waals surface area contributed by atoms with Gasteiger partial charge in [-0.05, 0) is 45.0 Å². The van der Waals surface area contributed by atoms with Crippen LogP contribution >= 0.6 is 0 Å². The average Bonchev–Trinajstić information content (AvgIpc) is 2.62. The molecule has 0 aliphatic rings. The van der Waals surface area contributed by atoms with Crippen molar-refractivity contribution in [1.29, 1.82) is 0 Å². The Kier molecular flexibility index (Phi) is 7.02. The molecule has 2 rings (SSSR count). The molecule has 0 aliphatic heterocycles. The number of carbonyl (C=O) groups excluding carboxylic acids is 2. The number of benzene rings is 2. The van der Waals surface area contributed by atoms with Gasteiger partial charge in [-0.2, -0.15) is 0 Å². The summed E-state index contributed by atoms with van der Waals surface area (Å²) in [6.07, 6.45) is 0. The van der Waals surface area contributed by atoms with Crippen LogP contribution in [0.2, 0.25) is 0 Å². The van der Waals surface area contributed by atoms with Gasteiger partial charge in [0.15, 0.2) is 18.1 Å². The Bertz CT molecular complexity index is 773. The van der Waals surface area contributed by atoms with Gasteiger partial charge in [-0.15, -0.1) is 0 Å². The smallest absolute Gasteiger partial charge is 0.338 e. The number of ether oxygens (including phenoxy) is 3. The van der Waals surface area contributed by atoms with Gasteiger partial charge in [0.25, 0.3) is 5.91 Å². The van der Waals surface area contributed by atoms with Crippen molar-refractivity contribution in [2.45, 2.75) is 20.8 Å². The van der Waals surface area contributed by atoms with Crippen LogP contribution < -0.4 is 14.8 Å². The summed E-state index contributed by atoms with van der Waals surface area (Å²) in [4.78, 5) is 24.0. The number of amides is 1. The molecule has 6 heteroatoms. The topological polar surface area (TPSA) is 73.9 Å². The number of aryl methyl sites for hydroxylation is 1. The van der Waals surface area contributed by atoms with Crippen LogP contribution in [0.15, 0.2) is 42.5 Å². The molecule has 0 unspecified atom stereocenters. The second kappa shape index (κ2) is 9.46. The van der Waals surface area contributed by atoms with Crippen molar-refractivity contribution in [2.24, 2.45) is 0 Å². The van der Waals surface area contributed by atoms with E-state index in [2.05, 4.69) is 5.32 Å². The number of hydrogen-bond donors (Lipinski definition) is 1. The molecule has 6 nitrogen and oxygen atoms in total. The van der Waals surface area contributed by atoms with Crippen LogP contribution in [0.3, 0.4) is 0 Å². The molecule has 0 bridgehead atoms. The molecule has 0 aromatic heterocycles. The molecular formula is C20H23NO5. The van der Waals surface area contributed by atoms with Crippen molar-refractivity contribution in [2.75, 3.05) is 25.1 Å². The fourth-order valence-corrected chi connectivity index (χ4v) is 2.31. The van der Waals surface area contributed by atoms with Crippen molar-refractivity contribution in [3.05, 3.63) is 53.6 Å². The van der Waals surface area contributed by atoms with Crippen LogP contribution in [-0.2, 0) is 9.53 Å². The highest BCUT2D eigenvalue weighted by Crippen LogP contribution is 2.30. The minimum absolute atomic E-state index is 0.371. The Hall–Kier alpha value is -3.02. The van der Waals surface area contributed by atoms with E-state index >= 15 is 0 Å². The normalized spacial score (nSPS) is 10.1. The maximum Gasteiger partial charge on any atom is 0.338 e. The molecule has 0 spiro atoms. The Labute approximate surface area is 153 Å². The van der Waals surface area contributed by atoms with Gasteiger partial charge >= 0.3 is 5.97 Å². The van der Waals surface area contributed by atoms with E-state index < -0.39 is 11.9 Å². The summed E-state index contributed by atoms with van der Waals surface area (Å²) >= 11 is 0. The number of carbonyl (C=O) groups is 2. The van der Waals surface area contributed by atoms with Crippen molar-refractivity contribution in [1.82, 2.24) is 0 Å². The first kappa shape index (κ1) is 19.3. The minimum atomic E-state index is -0.537. The Morgan fingerprint density at radius 3 is 2.38 bits per heavy atom. The maximum absolute atomic E-state index is 12.0. The summed E-state index contributed by atoms with van der Waals surface area (Å²) in [5.74, 6) is 0.185. The third kappa shape index (κ3) is 5.51. The predicted molar refractivity (Wildman–Crippen MR) is 98.9 cm³/mol. The minimum Gasteiger partial charge on any atom is -0.490 e. The van der Waals surface area contributed by atoms with Crippen LogP contribution in [0.25, 0.3) is 0 Å². The van der Waals surface area contributed by atoms with E-state index in [1.165, 1.54) is 0 Å². The van der Waals surface area contributed by atoms with E-state index in [-0.39, 0.29) is 6.61 Å². The molecule has 0 fully saturated rings. The molecule has 1 N–H and O–H groups in total. The third-order valence-corrected chi connectivity index (χ3v) is 3.42. The molecule has 2 aromatic carbocycles. The molecular weight excluding hydrogens is 334 g/mol. The Balaban J connectivity index is 1.94. The van der Waals surface area contributed by atoms with Crippen molar-refractivity contribution < 1.29 is 23.8 Å². The van der Waals surface area contributed by atoms with Crippen LogP contribution in [0, 0.1) is 6.92 Å². The first-order chi connectivity index (χ1) is 12.5. The number of esters is 1. The summed E-state index contributed by atoms with van der Waals surface area (Å²) in [5.41, 5.74) is 1.90. The predicted octanol–water partition coefficient (Wildman–Crippen LogP) is 3.59. The Morgan fingerprint density at radius 2 is 1.69 bits per heavy atom. The lowest BCUT2D eigenvalue weighted by molar-refractivity contribution is -0.119. The molecule has 0 saturated carbocycles. The van der Waals surface area contributed by atoms with E-state index in [0.717, 1.165) is 5.56 Å².